The van der Waals surface area contributed by atoms with E-state index in [0.29, 0.717) is 11.3 Å². The highest BCUT2D eigenvalue weighted by Crippen LogP contribution is 2.20. The lowest BCUT2D eigenvalue weighted by molar-refractivity contribution is 0.102. The van der Waals surface area contributed by atoms with Crippen molar-refractivity contribution in [2.75, 3.05) is 5.75 Å². The molecular formula is C14H12OS2. The molecule has 0 bridgehead atoms. The van der Waals surface area contributed by atoms with Crippen molar-refractivity contribution in [3.05, 3.63) is 60.2 Å². The van der Waals surface area contributed by atoms with Crippen molar-refractivity contribution in [3.8, 4) is 0 Å². The number of benzene rings is 2. The van der Waals surface area contributed by atoms with Gasteiger partial charge in [-0.05, 0) is 18.2 Å². The van der Waals surface area contributed by atoms with E-state index in [0.717, 1.165) is 9.79 Å². The van der Waals surface area contributed by atoms with E-state index >= 15 is 0 Å². The summed E-state index contributed by atoms with van der Waals surface area (Å²) >= 11 is 5.84. The molecule has 0 aliphatic carbocycles. The average Bonchev–Trinajstić information content (AvgIpc) is 2.38. The molecule has 0 aliphatic heterocycles. The highest BCUT2D eigenvalue weighted by molar-refractivity contribution is 8.00. The van der Waals surface area contributed by atoms with Crippen LogP contribution in [0.3, 0.4) is 0 Å². The molecule has 0 aromatic heterocycles. The van der Waals surface area contributed by atoms with Crippen LogP contribution in [0.5, 0.6) is 0 Å². The van der Waals surface area contributed by atoms with Crippen molar-refractivity contribution < 1.29 is 4.79 Å². The number of Topliss-reactive ketones (excluding diaryl/α,β-unsaturated/α-hetero) is 1. The van der Waals surface area contributed by atoms with Crippen molar-refractivity contribution in [2.24, 2.45) is 0 Å². The third-order valence-electron chi connectivity index (χ3n) is 2.32. The largest absolute Gasteiger partial charge is 0.293 e. The van der Waals surface area contributed by atoms with Crippen LogP contribution >= 0.6 is 24.4 Å². The second kappa shape index (κ2) is 5.94. The van der Waals surface area contributed by atoms with Gasteiger partial charge in [0.1, 0.15) is 0 Å². The first-order valence-corrected chi connectivity index (χ1v) is 6.69. The minimum atomic E-state index is 0.115. The molecule has 0 aliphatic rings. The number of hydrogen-bond donors (Lipinski definition) is 1. The Kier molecular flexibility index (Phi) is 4.29. The fraction of sp³-hybridized carbons (Fsp3) is 0.0714. The lowest BCUT2D eigenvalue weighted by atomic mass is 10.1. The summed E-state index contributed by atoms with van der Waals surface area (Å²) in [5.74, 6) is 0.561. The molecule has 0 fully saturated rings. The number of carbonyl (C=O) groups is 1. The fourth-order valence-corrected chi connectivity index (χ4v) is 2.54. The van der Waals surface area contributed by atoms with Crippen LogP contribution in [-0.4, -0.2) is 11.5 Å². The molecule has 0 spiro atoms. The third-order valence-corrected chi connectivity index (χ3v) is 3.72. The second-order valence-corrected chi connectivity index (χ2v) is 5.07. The van der Waals surface area contributed by atoms with Crippen LogP contribution in [0.4, 0.5) is 0 Å². The zero-order valence-electron chi connectivity index (χ0n) is 9.17. The van der Waals surface area contributed by atoms with Gasteiger partial charge < -0.3 is 0 Å². The van der Waals surface area contributed by atoms with Crippen LogP contribution in [0.15, 0.2) is 64.4 Å². The summed E-state index contributed by atoms with van der Waals surface area (Å²) < 4.78 is 0. The van der Waals surface area contributed by atoms with Crippen molar-refractivity contribution in [3.63, 3.8) is 0 Å². The molecule has 0 unspecified atom stereocenters. The van der Waals surface area contributed by atoms with Gasteiger partial charge in [-0.15, -0.1) is 24.4 Å². The van der Waals surface area contributed by atoms with Crippen LogP contribution in [-0.2, 0) is 0 Å². The van der Waals surface area contributed by atoms with Gasteiger partial charge in [0, 0.05) is 15.4 Å². The Bertz CT molecular complexity index is 509. The van der Waals surface area contributed by atoms with Crippen molar-refractivity contribution in [2.45, 2.75) is 9.79 Å². The number of ketones is 1. The summed E-state index contributed by atoms with van der Waals surface area (Å²) in [5.41, 5.74) is 0.694. The topological polar surface area (TPSA) is 17.1 Å². The summed E-state index contributed by atoms with van der Waals surface area (Å²) in [4.78, 5) is 13.8. The monoisotopic (exact) mass is 260 g/mol. The zero-order valence-corrected chi connectivity index (χ0v) is 10.9. The number of hydrogen-bond acceptors (Lipinski definition) is 3. The Hall–Kier alpha value is -1.19. The molecule has 0 heterocycles. The Morgan fingerprint density at radius 1 is 1.00 bits per heavy atom. The van der Waals surface area contributed by atoms with E-state index in [9.17, 15) is 4.79 Å². The molecule has 0 atom stereocenters. The lowest BCUT2D eigenvalue weighted by Gasteiger charge is -2.03. The van der Waals surface area contributed by atoms with Gasteiger partial charge in [-0.25, -0.2) is 0 Å². The quantitative estimate of drug-likeness (QED) is 0.509. The first kappa shape index (κ1) is 12.3. The van der Waals surface area contributed by atoms with Gasteiger partial charge >= 0.3 is 0 Å². The molecule has 0 saturated carbocycles. The highest BCUT2D eigenvalue weighted by Gasteiger charge is 2.08. The normalized spacial score (nSPS) is 10.2. The molecule has 1 nitrogen and oxygen atoms in total. The number of thioether (sulfide) groups is 1. The van der Waals surface area contributed by atoms with Gasteiger partial charge in [0.25, 0.3) is 0 Å². The van der Waals surface area contributed by atoms with Crippen LogP contribution < -0.4 is 0 Å². The molecule has 2 aromatic rings. The van der Waals surface area contributed by atoms with Crippen molar-refractivity contribution in [1.29, 1.82) is 0 Å². The molecule has 2 aromatic carbocycles. The maximum Gasteiger partial charge on any atom is 0.174 e. The molecule has 0 radical (unpaired) electrons. The van der Waals surface area contributed by atoms with E-state index in [2.05, 4.69) is 12.6 Å². The van der Waals surface area contributed by atoms with Gasteiger partial charge in [-0.3, -0.25) is 4.79 Å². The number of rotatable bonds is 4. The van der Waals surface area contributed by atoms with Crippen LogP contribution in [0.2, 0.25) is 0 Å². The fourth-order valence-electron chi connectivity index (χ4n) is 1.45. The third kappa shape index (κ3) is 3.38. The highest BCUT2D eigenvalue weighted by atomic mass is 32.2. The summed E-state index contributed by atoms with van der Waals surface area (Å²) in [6.07, 6.45) is 0. The minimum absolute atomic E-state index is 0.115. The Morgan fingerprint density at radius 2 is 1.65 bits per heavy atom. The van der Waals surface area contributed by atoms with E-state index < -0.39 is 0 Å². The van der Waals surface area contributed by atoms with Gasteiger partial charge in [0.15, 0.2) is 5.78 Å². The summed E-state index contributed by atoms with van der Waals surface area (Å²) in [6, 6.07) is 17.3. The van der Waals surface area contributed by atoms with Crippen LogP contribution in [0.1, 0.15) is 10.4 Å². The Labute approximate surface area is 111 Å². The van der Waals surface area contributed by atoms with Crippen LogP contribution in [0, 0.1) is 0 Å². The zero-order chi connectivity index (χ0) is 12.1. The van der Waals surface area contributed by atoms with E-state index in [1.165, 1.54) is 0 Å². The Morgan fingerprint density at radius 3 is 2.35 bits per heavy atom. The molecule has 0 amide bonds. The van der Waals surface area contributed by atoms with E-state index in [1.54, 1.807) is 11.8 Å². The van der Waals surface area contributed by atoms with Crippen molar-refractivity contribution in [1.82, 2.24) is 0 Å². The molecule has 0 saturated heterocycles. The van der Waals surface area contributed by atoms with Crippen molar-refractivity contribution >= 4 is 30.2 Å². The molecule has 17 heavy (non-hydrogen) atoms. The maximum atomic E-state index is 12.0. The van der Waals surface area contributed by atoms with E-state index in [4.69, 9.17) is 0 Å². The smallest absolute Gasteiger partial charge is 0.174 e. The second-order valence-electron chi connectivity index (χ2n) is 3.54. The molecule has 2 rings (SSSR count). The summed E-state index contributed by atoms with van der Waals surface area (Å²) in [6.45, 7) is 0. The molecule has 86 valence electrons. The molecular weight excluding hydrogens is 248 g/mol. The number of thiol groups is 1. The molecule has 0 N–H and O–H groups in total. The van der Waals surface area contributed by atoms with Gasteiger partial charge in [-0.1, -0.05) is 36.4 Å². The average molecular weight is 260 g/mol. The minimum Gasteiger partial charge on any atom is -0.293 e. The predicted molar refractivity (Wildman–Crippen MR) is 75.2 cm³/mol. The first-order chi connectivity index (χ1) is 8.27. The lowest BCUT2D eigenvalue weighted by Crippen LogP contribution is -2.03. The van der Waals surface area contributed by atoms with E-state index in [-0.39, 0.29) is 5.78 Å². The van der Waals surface area contributed by atoms with Gasteiger partial charge in [-0.2, -0.15) is 0 Å². The van der Waals surface area contributed by atoms with Crippen LogP contribution in [0.25, 0.3) is 0 Å². The standard InChI is InChI=1S/C14H12OS2/c15-13(12-8-4-5-9-14(12)16)10-17-11-6-2-1-3-7-11/h1-9,16H,10H2. The summed E-state index contributed by atoms with van der Waals surface area (Å²) in [5, 5.41) is 0. The molecule has 3 heteroatoms. The first-order valence-electron chi connectivity index (χ1n) is 5.26. The number of carbonyl (C=O) groups excluding carboxylic acids is 1. The van der Waals surface area contributed by atoms with Gasteiger partial charge in [0.2, 0.25) is 0 Å². The SMILES string of the molecule is O=C(CSc1ccccc1)c1ccccc1S. The van der Waals surface area contributed by atoms with E-state index in [1.807, 2.05) is 54.6 Å². The van der Waals surface area contributed by atoms with Gasteiger partial charge in [0.05, 0.1) is 5.75 Å². The Balaban J connectivity index is 2.01. The summed E-state index contributed by atoms with van der Waals surface area (Å²) in [7, 11) is 0. The predicted octanol–water partition coefficient (Wildman–Crippen LogP) is 3.95. The maximum absolute atomic E-state index is 12.0.